The summed E-state index contributed by atoms with van der Waals surface area (Å²) < 4.78 is 5.45. The van der Waals surface area contributed by atoms with Crippen LogP contribution in [0.15, 0.2) is 54.1 Å². The molecule has 1 N–H and O–H groups in total. The topological polar surface area (TPSA) is 110 Å². The monoisotopic (exact) mass is 410 g/mol. The van der Waals surface area contributed by atoms with Crippen molar-refractivity contribution in [1.82, 2.24) is 4.90 Å². The van der Waals surface area contributed by atoms with E-state index in [1.807, 2.05) is 13.8 Å². The Morgan fingerprint density at radius 3 is 2.47 bits per heavy atom. The van der Waals surface area contributed by atoms with Gasteiger partial charge in [-0.1, -0.05) is 31.2 Å². The van der Waals surface area contributed by atoms with Crippen molar-refractivity contribution < 1.29 is 24.4 Å². The van der Waals surface area contributed by atoms with E-state index < -0.39 is 28.4 Å². The predicted octanol–water partition coefficient (Wildman–Crippen LogP) is 3.83. The molecule has 0 radical (unpaired) electrons. The molecule has 1 amide bonds. The minimum atomic E-state index is -0.814. The van der Waals surface area contributed by atoms with Crippen molar-refractivity contribution in [3.8, 4) is 5.75 Å². The van der Waals surface area contributed by atoms with Gasteiger partial charge in [0.25, 0.3) is 17.4 Å². The van der Waals surface area contributed by atoms with Gasteiger partial charge in [0.1, 0.15) is 11.5 Å². The predicted molar refractivity (Wildman–Crippen MR) is 110 cm³/mol. The zero-order valence-electron chi connectivity index (χ0n) is 16.7. The molecule has 0 aromatic heterocycles. The van der Waals surface area contributed by atoms with E-state index in [4.69, 9.17) is 4.74 Å². The molecule has 0 saturated carbocycles. The number of amides is 1. The molecule has 0 bridgehead atoms. The van der Waals surface area contributed by atoms with Crippen LogP contribution in [-0.4, -0.2) is 39.8 Å². The quantitative estimate of drug-likeness (QED) is 0.244. The van der Waals surface area contributed by atoms with Gasteiger partial charge in [-0.05, 0) is 31.0 Å². The number of Topliss-reactive ketones (excluding diaryl/α,β-unsaturated/α-hetero) is 1. The van der Waals surface area contributed by atoms with Gasteiger partial charge >= 0.3 is 0 Å². The van der Waals surface area contributed by atoms with Crippen LogP contribution in [-0.2, 0) is 9.59 Å². The Morgan fingerprint density at radius 1 is 1.17 bits per heavy atom. The Morgan fingerprint density at radius 2 is 1.87 bits per heavy atom. The van der Waals surface area contributed by atoms with Gasteiger partial charge in [-0.3, -0.25) is 19.7 Å². The van der Waals surface area contributed by atoms with E-state index in [1.54, 1.807) is 24.3 Å². The van der Waals surface area contributed by atoms with Crippen LogP contribution in [0.2, 0.25) is 0 Å². The summed E-state index contributed by atoms with van der Waals surface area (Å²) in [5.41, 5.74) is 0.435. The van der Waals surface area contributed by atoms with E-state index in [2.05, 4.69) is 0 Å². The van der Waals surface area contributed by atoms with Crippen LogP contribution in [0.25, 0.3) is 5.76 Å². The molecule has 2 aromatic carbocycles. The Balaban J connectivity index is 2.14. The van der Waals surface area contributed by atoms with Crippen molar-refractivity contribution >= 4 is 23.1 Å². The third-order valence-electron chi connectivity index (χ3n) is 4.84. The fraction of sp³-hybridized carbons (Fsp3) is 0.273. The maximum Gasteiger partial charge on any atom is 0.295 e. The van der Waals surface area contributed by atoms with Crippen LogP contribution in [0.5, 0.6) is 5.75 Å². The average Bonchev–Trinajstić information content (AvgIpc) is 2.99. The number of non-ortho nitro benzene ring substituents is 1. The lowest BCUT2D eigenvalue weighted by Crippen LogP contribution is -2.30. The Hall–Kier alpha value is -3.68. The fourth-order valence-electron chi connectivity index (χ4n) is 3.53. The number of hydrogen-bond donors (Lipinski definition) is 1. The second kappa shape index (κ2) is 8.77. The molecule has 1 atom stereocenters. The van der Waals surface area contributed by atoms with Gasteiger partial charge in [0.15, 0.2) is 0 Å². The highest BCUT2D eigenvalue weighted by Crippen LogP contribution is 2.40. The van der Waals surface area contributed by atoms with Crippen LogP contribution in [0.3, 0.4) is 0 Å². The zero-order valence-corrected chi connectivity index (χ0v) is 16.7. The fourth-order valence-corrected chi connectivity index (χ4v) is 3.53. The first kappa shape index (κ1) is 21.0. The van der Waals surface area contributed by atoms with Crippen LogP contribution in [0.4, 0.5) is 5.69 Å². The Labute approximate surface area is 173 Å². The second-order valence-corrected chi connectivity index (χ2v) is 6.80. The first-order valence-electron chi connectivity index (χ1n) is 9.65. The number of benzene rings is 2. The lowest BCUT2D eigenvalue weighted by Gasteiger charge is -2.25. The molecule has 156 valence electrons. The van der Waals surface area contributed by atoms with Gasteiger partial charge in [-0.15, -0.1) is 0 Å². The number of nitro benzene ring substituents is 1. The highest BCUT2D eigenvalue weighted by Gasteiger charge is 2.45. The molecule has 8 nitrogen and oxygen atoms in total. The normalized spacial score (nSPS) is 17.9. The number of hydrogen-bond acceptors (Lipinski definition) is 6. The van der Waals surface area contributed by atoms with Crippen molar-refractivity contribution in [3.63, 3.8) is 0 Å². The van der Waals surface area contributed by atoms with Gasteiger partial charge in [0, 0.05) is 24.2 Å². The standard InChI is InChI=1S/C22H22N2O6/c1-3-12-23-19(14-8-10-17(11-9-14)30-4-2)18(21(26)22(23)27)20(25)15-6-5-7-16(13-15)24(28)29/h5-11,13,19,25H,3-4,12H2,1-2H3/b20-18-. The minimum absolute atomic E-state index is 0.0851. The van der Waals surface area contributed by atoms with Crippen molar-refractivity contribution in [2.24, 2.45) is 0 Å². The maximum absolute atomic E-state index is 12.8. The summed E-state index contributed by atoms with van der Waals surface area (Å²) in [5.74, 6) is -1.31. The summed E-state index contributed by atoms with van der Waals surface area (Å²) in [7, 11) is 0. The zero-order chi connectivity index (χ0) is 21.8. The van der Waals surface area contributed by atoms with E-state index in [9.17, 15) is 24.8 Å². The van der Waals surface area contributed by atoms with Crippen molar-refractivity contribution in [2.45, 2.75) is 26.3 Å². The van der Waals surface area contributed by atoms with Crippen molar-refractivity contribution in [2.75, 3.05) is 13.2 Å². The molecular formula is C22H22N2O6. The molecule has 0 spiro atoms. The van der Waals surface area contributed by atoms with Gasteiger partial charge in [0.05, 0.1) is 23.1 Å². The Kier molecular flexibility index (Phi) is 6.15. The third-order valence-corrected chi connectivity index (χ3v) is 4.84. The number of aliphatic hydroxyl groups is 1. The summed E-state index contributed by atoms with van der Waals surface area (Å²) in [6.07, 6.45) is 0.622. The summed E-state index contributed by atoms with van der Waals surface area (Å²) in [6, 6.07) is 11.5. The smallest absolute Gasteiger partial charge is 0.295 e. The number of aliphatic hydroxyl groups excluding tert-OH is 1. The first-order chi connectivity index (χ1) is 14.4. The summed E-state index contributed by atoms with van der Waals surface area (Å²) in [5, 5.41) is 22.0. The number of ether oxygens (including phenoxy) is 1. The van der Waals surface area contributed by atoms with Gasteiger partial charge < -0.3 is 14.7 Å². The molecule has 2 aromatic rings. The van der Waals surface area contributed by atoms with Gasteiger partial charge in [0.2, 0.25) is 0 Å². The van der Waals surface area contributed by atoms with Crippen LogP contribution in [0, 0.1) is 10.1 Å². The molecule has 1 unspecified atom stereocenters. The second-order valence-electron chi connectivity index (χ2n) is 6.80. The third kappa shape index (κ3) is 3.89. The lowest BCUT2D eigenvalue weighted by molar-refractivity contribution is -0.384. The van der Waals surface area contributed by atoms with Crippen molar-refractivity contribution in [3.05, 3.63) is 75.3 Å². The molecule has 8 heteroatoms. The molecule has 3 rings (SSSR count). The largest absolute Gasteiger partial charge is 0.507 e. The lowest BCUT2D eigenvalue weighted by atomic mass is 9.95. The van der Waals surface area contributed by atoms with Gasteiger partial charge in [-0.25, -0.2) is 0 Å². The van der Waals surface area contributed by atoms with E-state index in [0.717, 1.165) is 0 Å². The molecular weight excluding hydrogens is 388 g/mol. The van der Waals surface area contributed by atoms with Crippen molar-refractivity contribution in [1.29, 1.82) is 0 Å². The van der Waals surface area contributed by atoms with Gasteiger partial charge in [-0.2, -0.15) is 0 Å². The summed E-state index contributed by atoms with van der Waals surface area (Å²) >= 11 is 0. The maximum atomic E-state index is 12.8. The molecule has 1 heterocycles. The highest BCUT2D eigenvalue weighted by molar-refractivity contribution is 6.46. The highest BCUT2D eigenvalue weighted by atomic mass is 16.6. The number of carbonyl (C=O) groups excluding carboxylic acids is 2. The SMILES string of the molecule is CCCN1C(=O)C(=O)/C(=C(\O)c2cccc([N+](=O)[O-])c2)C1c1ccc(OCC)cc1. The molecule has 0 aliphatic carbocycles. The number of rotatable bonds is 7. The number of ketones is 1. The number of nitro groups is 1. The number of likely N-dealkylation sites (tertiary alicyclic amines) is 1. The van der Waals surface area contributed by atoms with E-state index in [-0.39, 0.29) is 16.8 Å². The number of nitrogens with zero attached hydrogens (tertiary/aromatic N) is 2. The molecule has 1 aliphatic heterocycles. The van der Waals surface area contributed by atoms with Crippen LogP contribution in [0.1, 0.15) is 37.4 Å². The minimum Gasteiger partial charge on any atom is -0.507 e. The average molecular weight is 410 g/mol. The summed E-state index contributed by atoms with van der Waals surface area (Å²) in [6.45, 7) is 4.58. The number of carbonyl (C=O) groups is 2. The molecule has 30 heavy (non-hydrogen) atoms. The van der Waals surface area contributed by atoms with E-state index in [1.165, 1.54) is 29.2 Å². The van der Waals surface area contributed by atoms with E-state index >= 15 is 0 Å². The molecule has 1 fully saturated rings. The Bertz CT molecular complexity index is 1010. The summed E-state index contributed by atoms with van der Waals surface area (Å²) in [4.78, 5) is 37.4. The van der Waals surface area contributed by atoms with Crippen LogP contribution >= 0.6 is 0 Å². The van der Waals surface area contributed by atoms with Crippen LogP contribution < -0.4 is 4.74 Å². The molecule has 1 saturated heterocycles. The molecule has 1 aliphatic rings. The first-order valence-corrected chi connectivity index (χ1v) is 9.65. The van der Waals surface area contributed by atoms with E-state index in [0.29, 0.717) is 30.9 Å².